The normalized spacial score (nSPS) is 12.8. The monoisotopic (exact) mass is 477 g/mol. The highest BCUT2D eigenvalue weighted by Crippen LogP contribution is 2.44. The molecule has 2 N–H and O–H groups in total. The van der Waals surface area contributed by atoms with Gasteiger partial charge in [-0.3, -0.25) is 0 Å². The molecule has 182 valence electrons. The Morgan fingerprint density at radius 3 is 2.00 bits per heavy atom. The van der Waals surface area contributed by atoms with Gasteiger partial charge < -0.3 is 29.4 Å². The number of carboxylic acid groups (broad SMARTS) is 1. The summed E-state index contributed by atoms with van der Waals surface area (Å²) in [7, 11) is 4.42. The lowest BCUT2D eigenvalue weighted by Gasteiger charge is -2.20. The lowest BCUT2D eigenvalue weighted by molar-refractivity contribution is -0.139. The van der Waals surface area contributed by atoms with Crippen LogP contribution in [0.5, 0.6) is 17.2 Å². The summed E-state index contributed by atoms with van der Waals surface area (Å²) in [4.78, 5) is 24.6. The molecule has 1 amide bonds. The molecule has 0 heterocycles. The van der Waals surface area contributed by atoms with Gasteiger partial charge in [0.1, 0.15) is 12.6 Å². The fourth-order valence-electron chi connectivity index (χ4n) is 4.53. The van der Waals surface area contributed by atoms with Crippen molar-refractivity contribution in [3.05, 3.63) is 77.4 Å². The molecular formula is C27H27NO7. The third-order valence-corrected chi connectivity index (χ3v) is 6.14. The first-order chi connectivity index (χ1) is 17.0. The third kappa shape index (κ3) is 4.73. The molecule has 0 saturated carbocycles. The van der Waals surface area contributed by atoms with Crippen LogP contribution in [0.15, 0.2) is 60.7 Å². The van der Waals surface area contributed by atoms with Crippen LogP contribution in [0.4, 0.5) is 4.79 Å². The summed E-state index contributed by atoms with van der Waals surface area (Å²) in [5, 5.41) is 12.2. The van der Waals surface area contributed by atoms with E-state index in [9.17, 15) is 14.7 Å². The van der Waals surface area contributed by atoms with Crippen molar-refractivity contribution in [3.8, 4) is 28.4 Å². The Morgan fingerprint density at radius 2 is 1.46 bits per heavy atom. The third-order valence-electron chi connectivity index (χ3n) is 6.14. The molecule has 1 aliphatic carbocycles. The van der Waals surface area contributed by atoms with Gasteiger partial charge in [0, 0.05) is 17.9 Å². The van der Waals surface area contributed by atoms with Crippen LogP contribution >= 0.6 is 0 Å². The van der Waals surface area contributed by atoms with Crippen LogP contribution in [-0.2, 0) is 16.0 Å². The zero-order valence-electron chi connectivity index (χ0n) is 19.7. The van der Waals surface area contributed by atoms with E-state index < -0.39 is 18.1 Å². The number of rotatable bonds is 9. The molecular weight excluding hydrogens is 450 g/mol. The van der Waals surface area contributed by atoms with E-state index in [4.69, 9.17) is 18.9 Å². The minimum absolute atomic E-state index is 0.0386. The number of amides is 1. The van der Waals surface area contributed by atoms with Crippen molar-refractivity contribution in [2.75, 3.05) is 27.9 Å². The molecule has 0 radical (unpaired) electrons. The second-order valence-electron chi connectivity index (χ2n) is 8.06. The molecule has 0 aliphatic heterocycles. The van der Waals surface area contributed by atoms with Gasteiger partial charge in [0.2, 0.25) is 5.75 Å². The molecule has 1 atom stereocenters. The van der Waals surface area contributed by atoms with E-state index in [0.717, 1.165) is 22.3 Å². The van der Waals surface area contributed by atoms with Crippen molar-refractivity contribution in [1.82, 2.24) is 5.32 Å². The van der Waals surface area contributed by atoms with E-state index >= 15 is 0 Å². The van der Waals surface area contributed by atoms with Gasteiger partial charge in [-0.2, -0.15) is 0 Å². The van der Waals surface area contributed by atoms with Crippen molar-refractivity contribution in [2.45, 2.75) is 18.4 Å². The Morgan fingerprint density at radius 1 is 0.857 bits per heavy atom. The Hall–Kier alpha value is -4.20. The number of hydrogen-bond acceptors (Lipinski definition) is 6. The molecule has 1 aliphatic rings. The largest absolute Gasteiger partial charge is 0.493 e. The maximum Gasteiger partial charge on any atom is 0.407 e. The molecule has 8 nitrogen and oxygen atoms in total. The van der Waals surface area contributed by atoms with E-state index in [1.54, 1.807) is 12.1 Å². The molecule has 0 saturated heterocycles. The average Bonchev–Trinajstić information content (AvgIpc) is 3.20. The van der Waals surface area contributed by atoms with Gasteiger partial charge in [-0.25, -0.2) is 9.59 Å². The molecule has 0 bridgehead atoms. The number of carboxylic acids is 1. The Kier molecular flexibility index (Phi) is 7.10. The first-order valence-electron chi connectivity index (χ1n) is 11.1. The summed E-state index contributed by atoms with van der Waals surface area (Å²) in [5.74, 6) is -0.188. The van der Waals surface area contributed by atoms with Crippen molar-refractivity contribution in [1.29, 1.82) is 0 Å². The lowest BCUT2D eigenvalue weighted by Crippen LogP contribution is -2.43. The Bertz CT molecular complexity index is 1190. The summed E-state index contributed by atoms with van der Waals surface area (Å²) in [6.45, 7) is 0.0892. The summed E-state index contributed by atoms with van der Waals surface area (Å²) in [6, 6.07) is 18.1. The second kappa shape index (κ2) is 10.4. The molecule has 0 fully saturated rings. The van der Waals surface area contributed by atoms with Crippen LogP contribution in [-0.4, -0.2) is 51.1 Å². The topological polar surface area (TPSA) is 103 Å². The quantitative estimate of drug-likeness (QED) is 0.475. The number of fused-ring (bicyclic) bond motifs is 3. The molecule has 0 aromatic heterocycles. The van der Waals surface area contributed by atoms with Crippen LogP contribution in [0, 0.1) is 0 Å². The number of ether oxygens (including phenoxy) is 4. The molecule has 0 unspecified atom stereocenters. The fourth-order valence-corrected chi connectivity index (χ4v) is 4.53. The predicted octanol–water partition coefficient (Wildman–Crippen LogP) is 4.25. The average molecular weight is 478 g/mol. The summed E-state index contributed by atoms with van der Waals surface area (Å²) < 4.78 is 21.6. The highest BCUT2D eigenvalue weighted by Gasteiger charge is 2.30. The van der Waals surface area contributed by atoms with Crippen molar-refractivity contribution < 1.29 is 33.6 Å². The number of carbonyl (C=O) groups is 2. The number of benzene rings is 3. The van der Waals surface area contributed by atoms with Gasteiger partial charge >= 0.3 is 12.1 Å². The van der Waals surface area contributed by atoms with Crippen LogP contribution in [0.3, 0.4) is 0 Å². The number of aliphatic carboxylic acids is 1. The van der Waals surface area contributed by atoms with Gasteiger partial charge in [-0.1, -0.05) is 54.6 Å². The van der Waals surface area contributed by atoms with Gasteiger partial charge in [0.05, 0.1) is 21.3 Å². The second-order valence-corrected chi connectivity index (χ2v) is 8.06. The number of methoxy groups -OCH3 is 3. The fraction of sp³-hybridized carbons (Fsp3) is 0.259. The molecule has 35 heavy (non-hydrogen) atoms. The van der Waals surface area contributed by atoms with E-state index in [1.807, 2.05) is 48.5 Å². The van der Waals surface area contributed by atoms with E-state index in [0.29, 0.717) is 22.8 Å². The number of alkyl carbamates (subject to hydrolysis) is 1. The van der Waals surface area contributed by atoms with Crippen LogP contribution in [0.1, 0.15) is 22.6 Å². The Balaban J connectivity index is 1.47. The van der Waals surface area contributed by atoms with Gasteiger partial charge in [-0.15, -0.1) is 0 Å². The Labute approximate surface area is 203 Å². The minimum atomic E-state index is -1.24. The minimum Gasteiger partial charge on any atom is -0.493 e. The van der Waals surface area contributed by atoms with E-state index in [1.165, 1.54) is 21.3 Å². The number of nitrogens with one attached hydrogen (secondary N) is 1. The molecule has 4 rings (SSSR count). The zero-order chi connectivity index (χ0) is 24.9. The predicted molar refractivity (Wildman–Crippen MR) is 129 cm³/mol. The van der Waals surface area contributed by atoms with Gasteiger partial charge in [-0.05, 0) is 28.3 Å². The first-order valence-corrected chi connectivity index (χ1v) is 11.1. The van der Waals surface area contributed by atoms with E-state index in [2.05, 4.69) is 5.32 Å². The van der Waals surface area contributed by atoms with Crippen LogP contribution in [0.25, 0.3) is 11.1 Å². The highest BCUT2D eigenvalue weighted by molar-refractivity contribution is 5.81. The molecule has 3 aromatic carbocycles. The summed E-state index contributed by atoms with van der Waals surface area (Å²) >= 11 is 0. The first kappa shape index (κ1) is 23.9. The van der Waals surface area contributed by atoms with Crippen LogP contribution < -0.4 is 19.5 Å². The van der Waals surface area contributed by atoms with Gasteiger partial charge in [0.25, 0.3) is 0 Å². The molecule has 0 spiro atoms. The number of carbonyl (C=O) groups excluding carboxylic acids is 1. The summed E-state index contributed by atoms with van der Waals surface area (Å²) in [5.41, 5.74) is 4.91. The smallest absolute Gasteiger partial charge is 0.407 e. The van der Waals surface area contributed by atoms with Gasteiger partial charge in [0.15, 0.2) is 11.5 Å². The maximum absolute atomic E-state index is 12.6. The maximum atomic E-state index is 12.6. The SMILES string of the molecule is COc1ccc(C[C@@H](NC(=O)OCC2c3ccccc3-c3ccccc32)C(=O)O)c(OC)c1OC. The molecule has 3 aromatic rings. The van der Waals surface area contributed by atoms with E-state index in [-0.39, 0.29) is 18.9 Å². The highest BCUT2D eigenvalue weighted by atomic mass is 16.5. The summed E-state index contributed by atoms with van der Waals surface area (Å²) in [6.07, 6.45) is -0.845. The van der Waals surface area contributed by atoms with Crippen LogP contribution in [0.2, 0.25) is 0 Å². The van der Waals surface area contributed by atoms with Crippen molar-refractivity contribution >= 4 is 12.1 Å². The lowest BCUT2D eigenvalue weighted by atomic mass is 9.98. The van der Waals surface area contributed by atoms with Crippen molar-refractivity contribution in [2.24, 2.45) is 0 Å². The standard InChI is InChI=1S/C27H27NO7/c1-32-23-13-12-16(24(33-2)25(23)34-3)14-22(26(29)30)28-27(31)35-15-21-19-10-6-4-8-17(19)18-9-5-7-11-20(18)21/h4-13,21-22H,14-15H2,1-3H3,(H,28,31)(H,29,30)/t22-/m1/s1. The van der Waals surface area contributed by atoms with Crippen molar-refractivity contribution in [3.63, 3.8) is 0 Å². The zero-order valence-corrected chi connectivity index (χ0v) is 19.7. The number of hydrogen-bond donors (Lipinski definition) is 2. The molecule has 8 heteroatoms.